The number of halogens is 3. The second-order valence-corrected chi connectivity index (χ2v) is 3.27. The summed E-state index contributed by atoms with van der Waals surface area (Å²) >= 11 is 0. The molecule has 0 saturated carbocycles. The van der Waals surface area contributed by atoms with Gasteiger partial charge in [-0.05, 0) is 12.1 Å². The number of nitrogens with two attached hydrogens (primary N) is 2. The van der Waals surface area contributed by atoms with Crippen molar-refractivity contribution in [3.63, 3.8) is 0 Å². The fourth-order valence-electron chi connectivity index (χ4n) is 1.32. The van der Waals surface area contributed by atoms with Gasteiger partial charge < -0.3 is 5.73 Å². The molecule has 5 nitrogen and oxygen atoms in total. The van der Waals surface area contributed by atoms with Crippen LogP contribution in [0, 0.1) is 17.5 Å². The Bertz CT molecular complexity index is 452. The van der Waals surface area contributed by atoms with E-state index in [9.17, 15) is 13.2 Å². The smallest absolute Gasteiger partial charge is 0.209 e. The molecule has 1 atom stereocenters. The molecule has 6 N–H and O–H groups in total. The van der Waals surface area contributed by atoms with Crippen LogP contribution >= 0.6 is 0 Å². The molecular formula is C8H8F3N5. The SMILES string of the molecule is NC1=NC(N)(c2cc(F)c(F)c(F)c2)NN1. The van der Waals surface area contributed by atoms with E-state index >= 15 is 0 Å². The summed E-state index contributed by atoms with van der Waals surface area (Å²) in [5, 5.41) is 0. The Labute approximate surface area is 88.3 Å². The van der Waals surface area contributed by atoms with Crippen molar-refractivity contribution >= 4 is 5.96 Å². The number of hydrogen-bond donors (Lipinski definition) is 4. The van der Waals surface area contributed by atoms with Crippen molar-refractivity contribution in [2.75, 3.05) is 0 Å². The summed E-state index contributed by atoms with van der Waals surface area (Å²) in [6, 6.07) is 1.49. The van der Waals surface area contributed by atoms with E-state index in [0.717, 1.165) is 12.1 Å². The van der Waals surface area contributed by atoms with Crippen molar-refractivity contribution in [1.82, 2.24) is 10.9 Å². The zero-order valence-corrected chi connectivity index (χ0v) is 7.89. The minimum Gasteiger partial charge on any atom is -0.369 e. The van der Waals surface area contributed by atoms with Crippen LogP contribution in [0.4, 0.5) is 13.2 Å². The predicted octanol–water partition coefficient (Wildman–Crippen LogP) is -0.405. The maximum atomic E-state index is 13.0. The Kier molecular flexibility index (Phi) is 2.25. The molecule has 1 aromatic carbocycles. The van der Waals surface area contributed by atoms with Crippen molar-refractivity contribution in [1.29, 1.82) is 0 Å². The summed E-state index contributed by atoms with van der Waals surface area (Å²) < 4.78 is 38.6. The summed E-state index contributed by atoms with van der Waals surface area (Å²) in [7, 11) is 0. The van der Waals surface area contributed by atoms with Gasteiger partial charge in [0.1, 0.15) is 0 Å². The predicted molar refractivity (Wildman–Crippen MR) is 50.1 cm³/mol. The van der Waals surface area contributed by atoms with E-state index in [1.54, 1.807) is 0 Å². The Morgan fingerprint density at radius 2 is 1.75 bits per heavy atom. The van der Waals surface area contributed by atoms with Gasteiger partial charge in [0.25, 0.3) is 0 Å². The van der Waals surface area contributed by atoms with Gasteiger partial charge in [-0.2, -0.15) is 5.43 Å². The molecule has 0 aromatic heterocycles. The highest BCUT2D eigenvalue weighted by Crippen LogP contribution is 2.22. The average molecular weight is 231 g/mol. The van der Waals surface area contributed by atoms with Crippen LogP contribution in [0.3, 0.4) is 0 Å². The van der Waals surface area contributed by atoms with Crippen LogP contribution in [0.15, 0.2) is 17.1 Å². The van der Waals surface area contributed by atoms with Gasteiger partial charge in [0, 0.05) is 5.56 Å². The number of hydrogen-bond acceptors (Lipinski definition) is 5. The molecule has 86 valence electrons. The highest BCUT2D eigenvalue weighted by Gasteiger charge is 2.33. The number of guanidine groups is 1. The van der Waals surface area contributed by atoms with Gasteiger partial charge >= 0.3 is 0 Å². The topological polar surface area (TPSA) is 88.5 Å². The van der Waals surface area contributed by atoms with E-state index in [1.807, 2.05) is 0 Å². The molecule has 1 unspecified atom stereocenters. The first-order valence-corrected chi connectivity index (χ1v) is 4.25. The summed E-state index contributed by atoms with van der Waals surface area (Å²) in [6.07, 6.45) is 0. The standard InChI is InChI=1S/C8H8F3N5/c9-4-1-3(2-5(10)6(4)11)8(13)14-7(12)15-16-8/h1-2,16H,13H2,(H3,12,14,15). The monoisotopic (exact) mass is 231 g/mol. The van der Waals surface area contributed by atoms with E-state index < -0.39 is 23.2 Å². The van der Waals surface area contributed by atoms with Gasteiger partial charge in [0.15, 0.2) is 17.5 Å². The van der Waals surface area contributed by atoms with Crippen LogP contribution in [0.2, 0.25) is 0 Å². The van der Waals surface area contributed by atoms with Crippen LogP contribution < -0.4 is 22.3 Å². The van der Waals surface area contributed by atoms with Crippen LogP contribution in [0.1, 0.15) is 5.56 Å². The number of hydrazine groups is 1. The van der Waals surface area contributed by atoms with Crippen LogP contribution in [0.25, 0.3) is 0 Å². The van der Waals surface area contributed by atoms with Crippen molar-refractivity contribution < 1.29 is 13.2 Å². The number of benzene rings is 1. The second kappa shape index (κ2) is 3.35. The normalized spacial score (nSPS) is 24.1. The quantitative estimate of drug-likeness (QED) is 0.495. The van der Waals surface area contributed by atoms with Gasteiger partial charge in [-0.1, -0.05) is 0 Å². The number of rotatable bonds is 1. The van der Waals surface area contributed by atoms with Crippen LogP contribution in [-0.2, 0) is 5.79 Å². The minimum atomic E-state index is -1.61. The van der Waals surface area contributed by atoms with Crippen LogP contribution in [0.5, 0.6) is 0 Å². The maximum absolute atomic E-state index is 13.0. The third-order valence-corrected chi connectivity index (χ3v) is 2.10. The van der Waals surface area contributed by atoms with E-state index in [4.69, 9.17) is 11.5 Å². The molecule has 1 aliphatic heterocycles. The molecule has 0 aliphatic carbocycles. The zero-order valence-electron chi connectivity index (χ0n) is 7.89. The Hall–Kier alpha value is -1.80. The Morgan fingerprint density at radius 1 is 1.19 bits per heavy atom. The van der Waals surface area contributed by atoms with Crippen molar-refractivity contribution in [3.05, 3.63) is 35.1 Å². The summed E-state index contributed by atoms with van der Waals surface area (Å²) in [5.41, 5.74) is 15.7. The fraction of sp³-hybridized carbons (Fsp3) is 0.125. The molecule has 0 spiro atoms. The third kappa shape index (κ3) is 1.57. The minimum absolute atomic E-state index is 0.0346. The molecule has 0 bridgehead atoms. The number of nitrogens with one attached hydrogen (secondary N) is 2. The molecule has 0 radical (unpaired) electrons. The fourth-order valence-corrected chi connectivity index (χ4v) is 1.32. The lowest BCUT2D eigenvalue weighted by Crippen LogP contribution is -2.50. The average Bonchev–Trinajstić information content (AvgIpc) is 2.56. The highest BCUT2D eigenvalue weighted by atomic mass is 19.2. The van der Waals surface area contributed by atoms with E-state index in [2.05, 4.69) is 15.8 Å². The second-order valence-electron chi connectivity index (χ2n) is 3.27. The first-order valence-electron chi connectivity index (χ1n) is 4.25. The molecule has 8 heteroatoms. The lowest BCUT2D eigenvalue weighted by atomic mass is 10.1. The van der Waals surface area contributed by atoms with Gasteiger partial charge in [-0.25, -0.2) is 18.2 Å². The molecule has 1 aliphatic rings. The molecule has 1 heterocycles. The molecule has 2 rings (SSSR count). The van der Waals surface area contributed by atoms with Crippen molar-refractivity contribution in [3.8, 4) is 0 Å². The van der Waals surface area contributed by atoms with E-state index in [0.29, 0.717) is 0 Å². The lowest BCUT2D eigenvalue weighted by Gasteiger charge is -2.20. The van der Waals surface area contributed by atoms with Gasteiger partial charge in [0.2, 0.25) is 11.7 Å². The van der Waals surface area contributed by atoms with Gasteiger partial charge in [0.05, 0.1) is 0 Å². The summed E-state index contributed by atoms with van der Waals surface area (Å²) in [5.74, 6) is -5.90. The molecule has 0 fully saturated rings. The molecule has 0 saturated heterocycles. The first-order chi connectivity index (χ1) is 7.42. The number of aliphatic imine (C=N–C) groups is 1. The maximum Gasteiger partial charge on any atom is 0.209 e. The molecule has 16 heavy (non-hydrogen) atoms. The molecule has 0 amide bonds. The van der Waals surface area contributed by atoms with Crippen molar-refractivity contribution in [2.45, 2.75) is 5.79 Å². The van der Waals surface area contributed by atoms with Crippen molar-refractivity contribution in [2.24, 2.45) is 16.5 Å². The zero-order chi connectivity index (χ0) is 11.9. The number of nitrogens with zero attached hydrogens (tertiary/aromatic N) is 1. The molecular weight excluding hydrogens is 223 g/mol. The van der Waals surface area contributed by atoms with E-state index in [-0.39, 0.29) is 11.5 Å². The Balaban J connectivity index is 2.50. The molecule has 1 aromatic rings. The highest BCUT2D eigenvalue weighted by molar-refractivity contribution is 5.79. The Morgan fingerprint density at radius 3 is 2.19 bits per heavy atom. The largest absolute Gasteiger partial charge is 0.369 e. The summed E-state index contributed by atoms with van der Waals surface area (Å²) in [4.78, 5) is 3.70. The first kappa shape index (κ1) is 10.7. The lowest BCUT2D eigenvalue weighted by molar-refractivity contribution is 0.365. The van der Waals surface area contributed by atoms with E-state index in [1.165, 1.54) is 0 Å². The van der Waals surface area contributed by atoms with Crippen LogP contribution in [-0.4, -0.2) is 5.96 Å². The third-order valence-electron chi connectivity index (χ3n) is 2.10. The summed E-state index contributed by atoms with van der Waals surface area (Å²) in [6.45, 7) is 0. The van der Waals surface area contributed by atoms with Gasteiger partial charge in [-0.3, -0.25) is 11.2 Å². The van der Waals surface area contributed by atoms with Gasteiger partial charge in [-0.15, -0.1) is 0 Å².